The van der Waals surface area contributed by atoms with Crippen molar-refractivity contribution in [1.82, 2.24) is 0 Å². The van der Waals surface area contributed by atoms with E-state index in [1.54, 1.807) is 0 Å². The Morgan fingerprint density at radius 1 is 1.47 bits per heavy atom. The number of carbonyl (C=O) groups is 1. The van der Waals surface area contributed by atoms with Crippen LogP contribution < -0.4 is 4.74 Å². The molecule has 3 N–H and O–H groups in total. The molecule has 17 heavy (non-hydrogen) atoms. The average molecular weight is 242 g/mol. The Hall–Kier alpha value is -1.79. The van der Waals surface area contributed by atoms with Crippen LogP contribution in [0.2, 0.25) is 0 Å². The van der Waals surface area contributed by atoms with Crippen LogP contribution in [0.5, 0.6) is 11.5 Å². The highest BCUT2D eigenvalue weighted by Gasteiger charge is 2.12. The molecule has 0 aliphatic rings. The van der Waals surface area contributed by atoms with Gasteiger partial charge in [-0.05, 0) is 18.2 Å². The van der Waals surface area contributed by atoms with Crippen LogP contribution in [0.25, 0.3) is 0 Å². The molecule has 0 radical (unpaired) electrons. The second kappa shape index (κ2) is 6.07. The fourth-order valence-corrected chi connectivity index (χ4v) is 1.11. The number of ether oxygens (including phenoxy) is 2. The summed E-state index contributed by atoms with van der Waals surface area (Å²) in [6.45, 7) is -0.773. The lowest BCUT2D eigenvalue weighted by Crippen LogP contribution is -2.21. The van der Waals surface area contributed by atoms with E-state index in [2.05, 4.69) is 0 Å². The van der Waals surface area contributed by atoms with Crippen LogP contribution in [0.4, 0.5) is 0 Å². The van der Waals surface area contributed by atoms with E-state index in [0.717, 1.165) is 0 Å². The minimum absolute atomic E-state index is 0.0838. The first-order valence-corrected chi connectivity index (χ1v) is 4.91. The number of rotatable bonds is 5. The Bertz CT molecular complexity index is 390. The number of aromatic hydroxyl groups is 1. The van der Waals surface area contributed by atoms with Gasteiger partial charge >= 0.3 is 5.97 Å². The van der Waals surface area contributed by atoms with Crippen molar-refractivity contribution >= 4 is 5.97 Å². The third-order valence-corrected chi connectivity index (χ3v) is 2.03. The lowest BCUT2D eigenvalue weighted by Gasteiger charge is -2.09. The Balaban J connectivity index is 2.69. The number of carbonyl (C=O) groups excluding carboxylic acids is 1. The summed E-state index contributed by atoms with van der Waals surface area (Å²) in [4.78, 5) is 11.5. The van der Waals surface area contributed by atoms with Gasteiger partial charge in [-0.3, -0.25) is 0 Å². The SMILES string of the molecule is COc1cc(C(=O)OCC(O)CO)ccc1O. The lowest BCUT2D eigenvalue weighted by molar-refractivity contribution is 0.00931. The summed E-state index contributed by atoms with van der Waals surface area (Å²) >= 11 is 0. The van der Waals surface area contributed by atoms with Crippen LogP contribution in [0.3, 0.4) is 0 Å². The predicted molar refractivity (Wildman–Crippen MR) is 58.0 cm³/mol. The number of methoxy groups -OCH3 is 1. The number of aliphatic hydroxyl groups is 2. The average Bonchev–Trinajstić information content (AvgIpc) is 2.35. The molecule has 0 heterocycles. The van der Waals surface area contributed by atoms with Crippen LogP contribution in [0.1, 0.15) is 10.4 Å². The minimum Gasteiger partial charge on any atom is -0.504 e. The molecule has 6 heteroatoms. The first kappa shape index (κ1) is 13.3. The van der Waals surface area contributed by atoms with Crippen molar-refractivity contribution in [1.29, 1.82) is 0 Å². The number of esters is 1. The van der Waals surface area contributed by atoms with Crippen molar-refractivity contribution in [3.8, 4) is 11.5 Å². The molecule has 6 nitrogen and oxygen atoms in total. The molecule has 0 saturated heterocycles. The Morgan fingerprint density at radius 2 is 2.18 bits per heavy atom. The number of phenolic OH excluding ortho intramolecular Hbond substituents is 1. The van der Waals surface area contributed by atoms with Gasteiger partial charge in [-0.1, -0.05) is 0 Å². The van der Waals surface area contributed by atoms with Crippen LogP contribution in [0, 0.1) is 0 Å². The molecule has 0 aliphatic carbocycles. The van der Waals surface area contributed by atoms with E-state index in [1.165, 1.54) is 25.3 Å². The summed E-state index contributed by atoms with van der Waals surface area (Å²) in [5.74, 6) is -0.600. The van der Waals surface area contributed by atoms with Gasteiger partial charge in [0.25, 0.3) is 0 Å². The second-order valence-electron chi connectivity index (χ2n) is 3.32. The monoisotopic (exact) mass is 242 g/mol. The van der Waals surface area contributed by atoms with Gasteiger partial charge in [-0.2, -0.15) is 0 Å². The van der Waals surface area contributed by atoms with Crippen LogP contribution in [0.15, 0.2) is 18.2 Å². The number of hydrogen-bond donors (Lipinski definition) is 3. The van der Waals surface area contributed by atoms with Gasteiger partial charge in [0, 0.05) is 0 Å². The molecule has 1 rings (SSSR count). The van der Waals surface area contributed by atoms with Crippen molar-refractivity contribution < 1.29 is 29.6 Å². The normalized spacial score (nSPS) is 11.9. The van der Waals surface area contributed by atoms with E-state index >= 15 is 0 Å². The summed E-state index contributed by atoms with van der Waals surface area (Å²) in [5.41, 5.74) is 0.185. The first-order chi connectivity index (χ1) is 8.08. The third kappa shape index (κ3) is 3.61. The fourth-order valence-electron chi connectivity index (χ4n) is 1.11. The topological polar surface area (TPSA) is 96.2 Å². The molecule has 0 fully saturated rings. The summed E-state index contributed by atoms with van der Waals surface area (Å²) in [7, 11) is 1.36. The van der Waals surface area contributed by atoms with Gasteiger partial charge in [-0.25, -0.2) is 4.79 Å². The van der Waals surface area contributed by atoms with E-state index in [9.17, 15) is 9.90 Å². The number of aliphatic hydroxyl groups excluding tert-OH is 2. The molecule has 0 bridgehead atoms. The maximum atomic E-state index is 11.5. The van der Waals surface area contributed by atoms with Crippen molar-refractivity contribution in [3.05, 3.63) is 23.8 Å². The minimum atomic E-state index is -1.10. The van der Waals surface area contributed by atoms with Gasteiger partial charge in [0.15, 0.2) is 11.5 Å². The van der Waals surface area contributed by atoms with Gasteiger partial charge in [-0.15, -0.1) is 0 Å². The Morgan fingerprint density at radius 3 is 2.76 bits per heavy atom. The maximum Gasteiger partial charge on any atom is 0.338 e. The zero-order valence-corrected chi connectivity index (χ0v) is 9.29. The van der Waals surface area contributed by atoms with Gasteiger partial charge in [0.05, 0.1) is 19.3 Å². The van der Waals surface area contributed by atoms with Gasteiger partial charge < -0.3 is 24.8 Å². The lowest BCUT2D eigenvalue weighted by atomic mass is 10.2. The largest absolute Gasteiger partial charge is 0.504 e. The molecule has 1 aromatic rings. The van der Waals surface area contributed by atoms with Crippen molar-refractivity contribution in [2.24, 2.45) is 0 Å². The fraction of sp³-hybridized carbons (Fsp3) is 0.364. The maximum absolute atomic E-state index is 11.5. The quantitative estimate of drug-likeness (QED) is 0.624. The number of benzene rings is 1. The molecule has 0 aliphatic heterocycles. The molecule has 0 amide bonds. The summed E-state index contributed by atoms with van der Waals surface area (Å²) in [6, 6.07) is 3.99. The number of phenols is 1. The van der Waals surface area contributed by atoms with E-state index in [4.69, 9.17) is 19.7 Å². The van der Waals surface area contributed by atoms with Gasteiger partial charge in [0.2, 0.25) is 0 Å². The molecule has 0 saturated carbocycles. The highest BCUT2D eigenvalue weighted by atomic mass is 16.5. The van der Waals surface area contributed by atoms with Gasteiger partial charge in [0.1, 0.15) is 12.7 Å². The van der Waals surface area contributed by atoms with Crippen LogP contribution in [-0.4, -0.2) is 47.7 Å². The van der Waals surface area contributed by atoms with Crippen LogP contribution in [-0.2, 0) is 4.74 Å². The highest BCUT2D eigenvalue weighted by molar-refractivity contribution is 5.90. The molecular weight excluding hydrogens is 228 g/mol. The third-order valence-electron chi connectivity index (χ3n) is 2.03. The predicted octanol–water partition coefficient (Wildman–Crippen LogP) is -0.0892. The summed E-state index contributed by atoms with van der Waals surface area (Å²) in [6.07, 6.45) is -1.10. The molecule has 0 aromatic heterocycles. The van der Waals surface area contributed by atoms with E-state index < -0.39 is 18.7 Å². The highest BCUT2D eigenvalue weighted by Crippen LogP contribution is 2.26. The standard InChI is InChI=1S/C11H14O6/c1-16-10-4-7(2-3-9(10)14)11(15)17-6-8(13)5-12/h2-4,8,12-14H,5-6H2,1H3. The molecule has 1 unspecified atom stereocenters. The van der Waals surface area contributed by atoms with Crippen LogP contribution >= 0.6 is 0 Å². The molecule has 94 valence electrons. The zero-order valence-electron chi connectivity index (χ0n) is 9.29. The van der Waals surface area contributed by atoms with E-state index in [-0.39, 0.29) is 23.7 Å². The Kier molecular flexibility index (Phi) is 4.74. The smallest absolute Gasteiger partial charge is 0.338 e. The second-order valence-corrected chi connectivity index (χ2v) is 3.32. The van der Waals surface area contributed by atoms with Crippen molar-refractivity contribution in [3.63, 3.8) is 0 Å². The Labute approximate surface area is 98.0 Å². The molecular formula is C11H14O6. The molecule has 1 aromatic carbocycles. The summed E-state index contributed by atoms with van der Waals surface area (Å²) in [5, 5.41) is 26.9. The zero-order chi connectivity index (χ0) is 12.8. The van der Waals surface area contributed by atoms with Crippen molar-refractivity contribution in [2.75, 3.05) is 20.3 Å². The van der Waals surface area contributed by atoms with E-state index in [1.807, 2.05) is 0 Å². The molecule has 0 spiro atoms. The number of hydrogen-bond acceptors (Lipinski definition) is 6. The molecule has 1 atom stereocenters. The van der Waals surface area contributed by atoms with Crippen molar-refractivity contribution in [2.45, 2.75) is 6.10 Å². The first-order valence-electron chi connectivity index (χ1n) is 4.91. The summed E-state index contributed by atoms with van der Waals surface area (Å²) < 4.78 is 9.57. The van der Waals surface area contributed by atoms with E-state index in [0.29, 0.717) is 0 Å².